The number of likely N-dealkylation sites (tertiary alicyclic amines) is 1. The third-order valence-corrected chi connectivity index (χ3v) is 4.18. The number of hydrogen-bond acceptors (Lipinski definition) is 5. The quantitative estimate of drug-likeness (QED) is 0.926. The summed E-state index contributed by atoms with van der Waals surface area (Å²) in [6, 6.07) is 6.41. The van der Waals surface area contributed by atoms with Gasteiger partial charge in [-0.2, -0.15) is 0 Å². The number of imide groups is 1. The van der Waals surface area contributed by atoms with Crippen molar-refractivity contribution >= 4 is 17.8 Å². The molecule has 2 aromatic rings. The molecule has 3 amide bonds. The van der Waals surface area contributed by atoms with E-state index in [1.807, 2.05) is 13.8 Å². The van der Waals surface area contributed by atoms with E-state index in [1.54, 1.807) is 43.6 Å². The molecule has 1 fully saturated rings. The largest absolute Gasteiger partial charge is 0.455 e. The first-order valence-electron chi connectivity index (χ1n) is 8.05. The van der Waals surface area contributed by atoms with Crippen LogP contribution in [0.5, 0.6) is 11.5 Å². The lowest BCUT2D eigenvalue weighted by atomic mass is 9.92. The number of pyridine rings is 2. The Morgan fingerprint density at radius 2 is 1.96 bits per heavy atom. The van der Waals surface area contributed by atoms with Gasteiger partial charge in [-0.3, -0.25) is 20.0 Å². The van der Waals surface area contributed by atoms with Crippen LogP contribution in [0.15, 0.2) is 36.7 Å². The van der Waals surface area contributed by atoms with E-state index in [9.17, 15) is 9.59 Å². The van der Waals surface area contributed by atoms with Crippen LogP contribution in [-0.2, 0) is 4.79 Å². The van der Waals surface area contributed by atoms with E-state index >= 15 is 0 Å². The van der Waals surface area contributed by atoms with Gasteiger partial charge in [0.1, 0.15) is 17.3 Å². The van der Waals surface area contributed by atoms with E-state index in [4.69, 9.17) is 4.74 Å². The molecule has 25 heavy (non-hydrogen) atoms. The minimum Gasteiger partial charge on any atom is -0.455 e. The molecule has 3 heterocycles. The fourth-order valence-corrected chi connectivity index (χ4v) is 2.59. The van der Waals surface area contributed by atoms with Crippen molar-refractivity contribution in [2.45, 2.75) is 27.2 Å². The van der Waals surface area contributed by atoms with Gasteiger partial charge in [0, 0.05) is 24.4 Å². The molecule has 0 atom stereocenters. The summed E-state index contributed by atoms with van der Waals surface area (Å²) in [5.41, 5.74) is 0.130. The van der Waals surface area contributed by atoms with Crippen LogP contribution in [0.1, 0.15) is 26.0 Å². The van der Waals surface area contributed by atoms with Crippen molar-refractivity contribution < 1.29 is 14.3 Å². The van der Waals surface area contributed by atoms with Crippen molar-refractivity contribution in [1.29, 1.82) is 0 Å². The summed E-state index contributed by atoms with van der Waals surface area (Å²) in [7, 11) is 0. The molecule has 7 nitrogen and oxygen atoms in total. The van der Waals surface area contributed by atoms with Crippen molar-refractivity contribution in [3.05, 3.63) is 42.4 Å². The molecule has 0 radical (unpaired) electrons. The van der Waals surface area contributed by atoms with Gasteiger partial charge >= 0.3 is 6.03 Å². The van der Waals surface area contributed by atoms with Gasteiger partial charge in [-0.25, -0.2) is 9.78 Å². The first-order chi connectivity index (χ1) is 11.9. The number of carbonyl (C=O) groups is 2. The number of anilines is 1. The third kappa shape index (κ3) is 3.60. The molecule has 3 rings (SSSR count). The summed E-state index contributed by atoms with van der Waals surface area (Å²) >= 11 is 0. The number of aryl methyl sites for hydroxylation is 1. The predicted octanol–water partition coefficient (Wildman–Crippen LogP) is 3.37. The Balaban J connectivity index is 1.69. The van der Waals surface area contributed by atoms with Crippen LogP contribution in [-0.4, -0.2) is 33.4 Å². The minimum absolute atomic E-state index is 0.167. The van der Waals surface area contributed by atoms with Crippen molar-refractivity contribution in [3.8, 4) is 11.5 Å². The first kappa shape index (κ1) is 16.9. The Hall–Kier alpha value is -2.96. The van der Waals surface area contributed by atoms with E-state index in [1.165, 1.54) is 4.90 Å². The van der Waals surface area contributed by atoms with Crippen molar-refractivity contribution in [1.82, 2.24) is 14.9 Å². The Morgan fingerprint density at radius 1 is 1.24 bits per heavy atom. The molecule has 2 aromatic heterocycles. The number of urea groups is 1. The Kier molecular flexibility index (Phi) is 4.39. The molecule has 1 aliphatic heterocycles. The van der Waals surface area contributed by atoms with Gasteiger partial charge in [0.05, 0.1) is 5.69 Å². The number of rotatable bonds is 3. The molecule has 0 spiro atoms. The monoisotopic (exact) mass is 340 g/mol. The summed E-state index contributed by atoms with van der Waals surface area (Å²) in [5, 5.41) is 2.67. The summed E-state index contributed by atoms with van der Waals surface area (Å²) in [6.45, 7) is 5.89. The molecule has 1 saturated heterocycles. The maximum atomic E-state index is 12.3. The average molecular weight is 340 g/mol. The summed E-state index contributed by atoms with van der Waals surface area (Å²) in [5.74, 6) is 1.45. The van der Waals surface area contributed by atoms with E-state index in [0.29, 0.717) is 36.0 Å². The highest BCUT2D eigenvalue weighted by molar-refractivity contribution is 6.03. The van der Waals surface area contributed by atoms with Gasteiger partial charge in [-0.15, -0.1) is 0 Å². The van der Waals surface area contributed by atoms with E-state index in [2.05, 4.69) is 15.3 Å². The summed E-state index contributed by atoms with van der Waals surface area (Å²) in [6.07, 6.45) is 3.94. The zero-order valence-electron chi connectivity index (χ0n) is 14.4. The lowest BCUT2D eigenvalue weighted by Crippen LogP contribution is -2.39. The van der Waals surface area contributed by atoms with Crippen LogP contribution in [0.3, 0.4) is 0 Å². The summed E-state index contributed by atoms with van der Waals surface area (Å²) < 4.78 is 5.73. The highest BCUT2D eigenvalue weighted by Gasteiger charge is 2.41. The van der Waals surface area contributed by atoms with Gasteiger partial charge in [0.2, 0.25) is 5.91 Å². The molecule has 0 unspecified atom stereocenters. The van der Waals surface area contributed by atoms with Gasteiger partial charge < -0.3 is 4.74 Å². The van der Waals surface area contributed by atoms with E-state index < -0.39 is 11.4 Å². The maximum Gasteiger partial charge on any atom is 0.329 e. The maximum absolute atomic E-state index is 12.3. The predicted molar refractivity (Wildman–Crippen MR) is 92.4 cm³/mol. The fraction of sp³-hybridized carbons (Fsp3) is 0.333. The number of nitrogens with one attached hydrogen (secondary N) is 1. The number of amides is 3. The third-order valence-electron chi connectivity index (χ3n) is 4.18. The highest BCUT2D eigenvalue weighted by atomic mass is 16.5. The van der Waals surface area contributed by atoms with Gasteiger partial charge in [-0.1, -0.05) is 13.8 Å². The van der Waals surface area contributed by atoms with Gasteiger partial charge in [0.25, 0.3) is 0 Å². The lowest BCUT2D eigenvalue weighted by molar-refractivity contribution is -0.131. The van der Waals surface area contributed by atoms with Crippen LogP contribution in [0.4, 0.5) is 10.6 Å². The van der Waals surface area contributed by atoms with Crippen molar-refractivity contribution in [3.63, 3.8) is 0 Å². The second-order valence-electron chi connectivity index (χ2n) is 6.59. The molecule has 1 N–H and O–H groups in total. The summed E-state index contributed by atoms with van der Waals surface area (Å²) in [4.78, 5) is 34.0. The van der Waals surface area contributed by atoms with Crippen LogP contribution < -0.4 is 10.1 Å². The second-order valence-corrected chi connectivity index (χ2v) is 6.59. The van der Waals surface area contributed by atoms with Crippen LogP contribution >= 0.6 is 0 Å². The van der Waals surface area contributed by atoms with Crippen molar-refractivity contribution in [2.75, 3.05) is 11.9 Å². The zero-order valence-corrected chi connectivity index (χ0v) is 14.4. The van der Waals surface area contributed by atoms with Crippen LogP contribution in [0.2, 0.25) is 0 Å². The second kappa shape index (κ2) is 6.51. The SMILES string of the molecule is Cc1nc(NC(=O)N2CCC(C)(C)C2=O)ccc1Oc1ccncc1. The number of hydrogen-bond donors (Lipinski definition) is 1. The number of ether oxygens (including phenoxy) is 1. The average Bonchev–Trinajstić information content (AvgIpc) is 2.85. The molecular formula is C18H20N4O3. The number of nitrogens with zero attached hydrogens (tertiary/aromatic N) is 3. The molecule has 0 bridgehead atoms. The smallest absolute Gasteiger partial charge is 0.329 e. The fourth-order valence-electron chi connectivity index (χ4n) is 2.59. The van der Waals surface area contributed by atoms with Gasteiger partial charge in [0.15, 0.2) is 0 Å². The van der Waals surface area contributed by atoms with Crippen LogP contribution in [0.25, 0.3) is 0 Å². The molecule has 0 aliphatic carbocycles. The normalized spacial score (nSPS) is 16.0. The first-order valence-corrected chi connectivity index (χ1v) is 8.05. The molecule has 7 heteroatoms. The lowest BCUT2D eigenvalue weighted by Gasteiger charge is -2.18. The molecule has 1 aliphatic rings. The number of aromatic nitrogens is 2. The standard InChI is InChI=1S/C18H20N4O3/c1-12-14(25-13-6-9-19-10-7-13)4-5-15(20-12)21-17(24)22-11-8-18(2,3)16(22)23/h4-7,9-10H,8,11H2,1-3H3,(H,20,21,24). The van der Waals surface area contributed by atoms with E-state index in [0.717, 1.165) is 0 Å². The van der Waals surface area contributed by atoms with Gasteiger partial charge in [-0.05, 0) is 37.6 Å². The topological polar surface area (TPSA) is 84.4 Å². The zero-order chi connectivity index (χ0) is 18.0. The minimum atomic E-state index is -0.497. The Labute approximate surface area is 146 Å². The highest BCUT2D eigenvalue weighted by Crippen LogP contribution is 2.31. The molecular weight excluding hydrogens is 320 g/mol. The van der Waals surface area contributed by atoms with Crippen molar-refractivity contribution in [2.24, 2.45) is 5.41 Å². The Bertz CT molecular complexity index is 805. The molecule has 0 aromatic carbocycles. The Morgan fingerprint density at radius 3 is 2.56 bits per heavy atom. The van der Waals surface area contributed by atoms with E-state index in [-0.39, 0.29) is 5.91 Å². The number of carbonyl (C=O) groups excluding carboxylic acids is 2. The van der Waals surface area contributed by atoms with Crippen LogP contribution in [0, 0.1) is 12.3 Å². The molecule has 0 saturated carbocycles. The molecule has 130 valence electrons.